The van der Waals surface area contributed by atoms with E-state index in [0.29, 0.717) is 24.5 Å². The molecule has 1 aromatic rings. The molecule has 0 spiro atoms. The van der Waals surface area contributed by atoms with E-state index >= 15 is 0 Å². The highest BCUT2D eigenvalue weighted by atomic mass is 32.1. The Morgan fingerprint density at radius 3 is 2.58 bits per heavy atom. The maximum Gasteiger partial charge on any atom is 0.267 e. The van der Waals surface area contributed by atoms with Crippen molar-refractivity contribution in [1.29, 1.82) is 0 Å². The molecule has 0 aliphatic heterocycles. The molecular weight excluding hydrogens is 260 g/mol. The molecule has 108 valence electrons. The van der Waals surface area contributed by atoms with Crippen molar-refractivity contribution in [2.45, 2.75) is 40.5 Å². The van der Waals surface area contributed by atoms with Gasteiger partial charge in [-0.25, -0.2) is 0 Å². The monoisotopic (exact) mass is 284 g/mol. The zero-order chi connectivity index (χ0) is 14.6. The highest BCUT2D eigenvalue weighted by Gasteiger charge is 2.27. The fraction of sp³-hybridized carbons (Fsp3) is 0.769. The van der Waals surface area contributed by atoms with Gasteiger partial charge in [-0.2, -0.15) is 0 Å². The van der Waals surface area contributed by atoms with E-state index in [1.54, 1.807) is 0 Å². The Balaban J connectivity index is 2.93. The van der Waals surface area contributed by atoms with Gasteiger partial charge in [0.05, 0.1) is 5.69 Å². The molecule has 0 fully saturated rings. The lowest BCUT2D eigenvalue weighted by Crippen LogP contribution is -2.42. The quantitative estimate of drug-likeness (QED) is 0.868. The summed E-state index contributed by atoms with van der Waals surface area (Å²) in [6, 6.07) is 0. The van der Waals surface area contributed by atoms with Crippen molar-refractivity contribution in [1.82, 2.24) is 14.5 Å². The van der Waals surface area contributed by atoms with Crippen molar-refractivity contribution in [2.75, 3.05) is 19.6 Å². The topological polar surface area (TPSA) is 72.1 Å². The van der Waals surface area contributed by atoms with Gasteiger partial charge in [-0.05, 0) is 36.3 Å². The van der Waals surface area contributed by atoms with Gasteiger partial charge in [0.2, 0.25) is 0 Å². The molecular formula is C13H24N4OS. The van der Waals surface area contributed by atoms with E-state index in [1.165, 1.54) is 11.5 Å². The summed E-state index contributed by atoms with van der Waals surface area (Å²) in [4.78, 5) is 15.1. The van der Waals surface area contributed by atoms with E-state index in [4.69, 9.17) is 5.73 Å². The van der Waals surface area contributed by atoms with E-state index in [9.17, 15) is 4.79 Å². The van der Waals surface area contributed by atoms with Crippen molar-refractivity contribution in [3.8, 4) is 0 Å². The van der Waals surface area contributed by atoms with E-state index in [0.717, 1.165) is 5.69 Å². The zero-order valence-corrected chi connectivity index (χ0v) is 13.3. The average molecular weight is 284 g/mol. The lowest BCUT2D eigenvalue weighted by molar-refractivity contribution is 0.0704. The molecule has 0 radical (unpaired) electrons. The minimum absolute atomic E-state index is 0.0164. The molecule has 0 aromatic carbocycles. The molecule has 0 saturated heterocycles. The first-order chi connectivity index (χ1) is 8.82. The highest BCUT2D eigenvalue weighted by molar-refractivity contribution is 7.08. The Kier molecular flexibility index (Phi) is 5.43. The Labute approximate surface area is 119 Å². The van der Waals surface area contributed by atoms with Crippen LogP contribution in [0, 0.1) is 5.41 Å². The Hall–Kier alpha value is -1.01. The van der Waals surface area contributed by atoms with Gasteiger partial charge < -0.3 is 10.6 Å². The number of nitrogens with two attached hydrogens (primary N) is 1. The summed E-state index contributed by atoms with van der Waals surface area (Å²) in [5, 5.41) is 4.07. The van der Waals surface area contributed by atoms with Crippen molar-refractivity contribution < 1.29 is 4.79 Å². The lowest BCUT2D eigenvalue weighted by Gasteiger charge is -2.30. The van der Waals surface area contributed by atoms with E-state index in [2.05, 4.69) is 23.4 Å². The number of hydrogen-bond acceptors (Lipinski definition) is 5. The first-order valence-corrected chi connectivity index (χ1v) is 7.41. The first-order valence-electron chi connectivity index (χ1n) is 6.64. The summed E-state index contributed by atoms with van der Waals surface area (Å²) in [5.74, 6) is 0.224. The number of carbonyl (C=O) groups is 1. The average Bonchev–Trinajstić information content (AvgIpc) is 2.84. The fourth-order valence-electron chi connectivity index (χ4n) is 1.78. The number of aromatic nitrogens is 2. The number of carbonyl (C=O) groups excluding carboxylic acids is 1. The van der Waals surface area contributed by atoms with Crippen LogP contribution in [0.4, 0.5) is 0 Å². The molecule has 1 rings (SSSR count). The van der Waals surface area contributed by atoms with Gasteiger partial charge in [0.1, 0.15) is 4.88 Å². The largest absolute Gasteiger partial charge is 0.338 e. The van der Waals surface area contributed by atoms with Gasteiger partial charge in [0.25, 0.3) is 5.91 Å². The van der Waals surface area contributed by atoms with Gasteiger partial charge in [0.15, 0.2) is 0 Å². The van der Waals surface area contributed by atoms with Crippen LogP contribution in [0.3, 0.4) is 0 Å². The summed E-state index contributed by atoms with van der Waals surface area (Å²) in [6.07, 6.45) is 0. The molecule has 0 aliphatic rings. The van der Waals surface area contributed by atoms with Crippen LogP contribution in [0.5, 0.6) is 0 Å². The summed E-state index contributed by atoms with van der Waals surface area (Å²) >= 11 is 1.18. The minimum atomic E-state index is -0.0816. The SMILES string of the molecule is CCN(CC(C)(C)CN)C(=O)c1snnc1C(C)C. The van der Waals surface area contributed by atoms with Crippen molar-refractivity contribution in [3.63, 3.8) is 0 Å². The third kappa shape index (κ3) is 3.98. The van der Waals surface area contributed by atoms with Gasteiger partial charge in [-0.1, -0.05) is 32.2 Å². The van der Waals surface area contributed by atoms with Crippen LogP contribution >= 0.6 is 11.5 Å². The van der Waals surface area contributed by atoms with Gasteiger partial charge in [0, 0.05) is 13.1 Å². The van der Waals surface area contributed by atoms with Gasteiger partial charge in [-0.15, -0.1) is 5.10 Å². The molecule has 0 bridgehead atoms. The number of hydrogen-bond donors (Lipinski definition) is 1. The summed E-state index contributed by atoms with van der Waals surface area (Å²) in [7, 11) is 0. The summed E-state index contributed by atoms with van der Waals surface area (Å²) < 4.78 is 3.92. The molecule has 0 atom stereocenters. The molecule has 1 amide bonds. The van der Waals surface area contributed by atoms with Crippen molar-refractivity contribution >= 4 is 17.4 Å². The smallest absolute Gasteiger partial charge is 0.267 e. The minimum Gasteiger partial charge on any atom is -0.338 e. The standard InChI is InChI=1S/C13H24N4OS/c1-6-17(8-13(4,5)7-14)12(18)11-10(9(2)3)15-16-19-11/h9H,6-8,14H2,1-5H3. The number of nitrogens with zero attached hydrogens (tertiary/aromatic N) is 3. The second-order valence-electron chi connectivity index (χ2n) is 5.83. The first kappa shape index (κ1) is 16.0. The van der Waals surface area contributed by atoms with Crippen LogP contribution in [0.2, 0.25) is 0 Å². The molecule has 1 aromatic heterocycles. The Morgan fingerprint density at radius 2 is 2.11 bits per heavy atom. The fourth-order valence-corrected chi connectivity index (χ4v) is 2.56. The van der Waals surface area contributed by atoms with Crippen LogP contribution in [0.25, 0.3) is 0 Å². The molecule has 0 unspecified atom stereocenters. The van der Waals surface area contributed by atoms with Crippen LogP contribution in [0.1, 0.15) is 55.9 Å². The third-order valence-corrected chi connectivity index (χ3v) is 3.82. The van der Waals surface area contributed by atoms with Gasteiger partial charge in [-0.3, -0.25) is 4.79 Å². The summed E-state index contributed by atoms with van der Waals surface area (Å²) in [5.41, 5.74) is 6.46. The molecule has 1 heterocycles. The molecule has 0 saturated carbocycles. The molecule has 2 N–H and O–H groups in total. The van der Waals surface area contributed by atoms with Crippen molar-refractivity contribution in [2.24, 2.45) is 11.1 Å². The molecule has 19 heavy (non-hydrogen) atoms. The molecule has 6 heteroatoms. The second kappa shape index (κ2) is 6.43. The van der Waals surface area contributed by atoms with Crippen LogP contribution < -0.4 is 5.73 Å². The predicted octanol–water partition coefficient (Wildman–Crippen LogP) is 2.11. The third-order valence-electron chi connectivity index (χ3n) is 3.09. The zero-order valence-electron chi connectivity index (χ0n) is 12.4. The second-order valence-corrected chi connectivity index (χ2v) is 6.58. The number of rotatable bonds is 6. The Bertz CT molecular complexity index is 428. The van der Waals surface area contributed by atoms with Crippen LogP contribution in [0.15, 0.2) is 0 Å². The maximum absolute atomic E-state index is 12.6. The van der Waals surface area contributed by atoms with E-state index in [1.807, 2.05) is 25.7 Å². The Morgan fingerprint density at radius 1 is 1.47 bits per heavy atom. The lowest BCUT2D eigenvalue weighted by atomic mass is 9.93. The highest BCUT2D eigenvalue weighted by Crippen LogP contribution is 2.23. The van der Waals surface area contributed by atoms with E-state index < -0.39 is 0 Å². The summed E-state index contributed by atoms with van der Waals surface area (Å²) in [6.45, 7) is 12.0. The van der Waals surface area contributed by atoms with Crippen LogP contribution in [-0.4, -0.2) is 40.0 Å². The predicted molar refractivity (Wildman–Crippen MR) is 78.4 cm³/mol. The number of amides is 1. The van der Waals surface area contributed by atoms with Gasteiger partial charge >= 0.3 is 0 Å². The normalized spacial score (nSPS) is 11.9. The molecule has 0 aliphatic carbocycles. The van der Waals surface area contributed by atoms with Crippen LogP contribution in [-0.2, 0) is 0 Å². The van der Waals surface area contributed by atoms with Crippen molar-refractivity contribution in [3.05, 3.63) is 10.6 Å². The maximum atomic E-state index is 12.6. The van der Waals surface area contributed by atoms with E-state index in [-0.39, 0.29) is 17.2 Å². The molecule has 5 nitrogen and oxygen atoms in total.